The van der Waals surface area contributed by atoms with Crippen LogP contribution >= 0.6 is 0 Å². The summed E-state index contributed by atoms with van der Waals surface area (Å²) < 4.78 is 49.6. The van der Waals surface area contributed by atoms with Crippen molar-refractivity contribution in [3.63, 3.8) is 0 Å². The average molecular weight is 419 g/mol. The van der Waals surface area contributed by atoms with Gasteiger partial charge in [0.1, 0.15) is 11.3 Å². The fourth-order valence-electron chi connectivity index (χ4n) is 3.05. The Morgan fingerprint density at radius 3 is 2.40 bits per heavy atom. The Bertz CT molecular complexity index is 1140. The van der Waals surface area contributed by atoms with Gasteiger partial charge in [-0.25, -0.2) is 4.79 Å². The lowest BCUT2D eigenvalue weighted by molar-refractivity contribution is -0.136. The van der Waals surface area contributed by atoms with Crippen molar-refractivity contribution in [3.8, 4) is 5.75 Å². The van der Waals surface area contributed by atoms with Crippen molar-refractivity contribution in [1.82, 2.24) is 0 Å². The number of fused-ring (bicyclic) bond motifs is 1. The molecule has 0 aliphatic rings. The summed E-state index contributed by atoms with van der Waals surface area (Å²) in [5, 5.41) is 2.51. The molecule has 1 heterocycles. The zero-order valence-electron chi connectivity index (χ0n) is 16.6. The Morgan fingerprint density at radius 2 is 1.73 bits per heavy atom. The summed E-state index contributed by atoms with van der Waals surface area (Å²) in [5.74, 6) is -0.332. The molecular weight excluding hydrogens is 399 g/mol. The van der Waals surface area contributed by atoms with Crippen LogP contribution in [-0.4, -0.2) is 12.5 Å². The van der Waals surface area contributed by atoms with Crippen LogP contribution in [0.1, 0.15) is 31.9 Å². The summed E-state index contributed by atoms with van der Waals surface area (Å²) in [6.45, 7) is 5.69. The van der Waals surface area contributed by atoms with E-state index in [9.17, 15) is 22.8 Å². The lowest BCUT2D eigenvalue weighted by atomic mass is 9.86. The molecular formula is C22H20F3NO4. The maximum absolute atomic E-state index is 13.1. The van der Waals surface area contributed by atoms with Gasteiger partial charge in [0.05, 0.1) is 5.56 Å². The molecule has 1 amide bonds. The van der Waals surface area contributed by atoms with Gasteiger partial charge in [-0.15, -0.1) is 0 Å². The van der Waals surface area contributed by atoms with Crippen molar-refractivity contribution in [2.45, 2.75) is 32.4 Å². The molecule has 8 heteroatoms. The van der Waals surface area contributed by atoms with Gasteiger partial charge in [0.15, 0.2) is 6.61 Å². The normalized spacial score (nSPS) is 12.1. The van der Waals surface area contributed by atoms with E-state index >= 15 is 0 Å². The van der Waals surface area contributed by atoms with Crippen LogP contribution in [0.25, 0.3) is 11.0 Å². The highest BCUT2D eigenvalue weighted by atomic mass is 19.4. The van der Waals surface area contributed by atoms with Gasteiger partial charge < -0.3 is 14.5 Å². The quantitative estimate of drug-likeness (QED) is 0.596. The van der Waals surface area contributed by atoms with E-state index in [0.29, 0.717) is 11.8 Å². The molecule has 30 heavy (non-hydrogen) atoms. The monoisotopic (exact) mass is 419 g/mol. The van der Waals surface area contributed by atoms with Crippen molar-refractivity contribution < 1.29 is 27.1 Å². The number of hydrogen-bond donors (Lipinski definition) is 1. The van der Waals surface area contributed by atoms with Crippen LogP contribution in [-0.2, 0) is 16.4 Å². The second-order valence-corrected chi connectivity index (χ2v) is 7.77. The third kappa shape index (κ3) is 4.82. The van der Waals surface area contributed by atoms with Crippen LogP contribution < -0.4 is 15.7 Å². The van der Waals surface area contributed by atoms with Gasteiger partial charge in [-0.1, -0.05) is 39.0 Å². The molecule has 0 atom stereocenters. The van der Waals surface area contributed by atoms with Crippen LogP contribution in [0.15, 0.2) is 57.7 Å². The fourth-order valence-corrected chi connectivity index (χ4v) is 3.05. The van der Waals surface area contributed by atoms with E-state index in [1.807, 2.05) is 32.9 Å². The summed E-state index contributed by atoms with van der Waals surface area (Å²) in [4.78, 5) is 23.8. The van der Waals surface area contributed by atoms with Crippen molar-refractivity contribution in [2.24, 2.45) is 0 Å². The van der Waals surface area contributed by atoms with Crippen molar-refractivity contribution in [3.05, 3.63) is 70.1 Å². The zero-order chi connectivity index (χ0) is 22.1. The number of benzene rings is 2. The summed E-state index contributed by atoms with van der Waals surface area (Å²) in [5.41, 5.74) is -1.06. The lowest BCUT2D eigenvalue weighted by Crippen LogP contribution is -2.23. The molecule has 3 rings (SSSR count). The molecule has 3 aromatic rings. The fraction of sp³-hybridized carbons (Fsp3) is 0.273. The molecule has 5 nitrogen and oxygen atoms in total. The Balaban J connectivity index is 1.77. The van der Waals surface area contributed by atoms with Crippen LogP contribution in [0, 0.1) is 0 Å². The topological polar surface area (TPSA) is 68.5 Å². The SMILES string of the molecule is CC(C)(C)c1ccccc1NC(=O)COc1ccc2c(C(F)(F)F)cc(=O)oc2c1. The molecule has 0 spiro atoms. The number of carbonyl (C=O) groups is 1. The third-order valence-corrected chi connectivity index (χ3v) is 4.40. The minimum Gasteiger partial charge on any atom is -0.484 e. The van der Waals surface area contributed by atoms with Gasteiger partial charge in [0.25, 0.3) is 5.91 Å². The molecule has 0 fully saturated rings. The van der Waals surface area contributed by atoms with Crippen LogP contribution in [0.4, 0.5) is 18.9 Å². The summed E-state index contributed by atoms with van der Waals surface area (Å²) in [7, 11) is 0. The van der Waals surface area contributed by atoms with Crippen molar-refractivity contribution in [1.29, 1.82) is 0 Å². The minimum absolute atomic E-state index is 0.101. The number of rotatable bonds is 4. The predicted molar refractivity (Wildman–Crippen MR) is 107 cm³/mol. The second-order valence-electron chi connectivity index (χ2n) is 7.77. The van der Waals surface area contributed by atoms with Gasteiger partial charge in [-0.2, -0.15) is 13.2 Å². The first-order chi connectivity index (χ1) is 13.9. The van der Waals surface area contributed by atoms with Crippen LogP contribution in [0.3, 0.4) is 0 Å². The first-order valence-electron chi connectivity index (χ1n) is 9.12. The van der Waals surface area contributed by atoms with Gasteiger partial charge in [-0.3, -0.25) is 4.79 Å². The molecule has 158 valence electrons. The van der Waals surface area contributed by atoms with Crippen LogP contribution in [0.5, 0.6) is 5.75 Å². The molecule has 0 unspecified atom stereocenters. The second kappa shape index (κ2) is 7.85. The van der Waals surface area contributed by atoms with Gasteiger partial charge in [0.2, 0.25) is 0 Å². The lowest BCUT2D eigenvalue weighted by Gasteiger charge is -2.23. The maximum atomic E-state index is 13.1. The average Bonchev–Trinajstić information content (AvgIpc) is 2.64. The minimum atomic E-state index is -4.70. The summed E-state index contributed by atoms with van der Waals surface area (Å²) in [6, 6.07) is 11.4. The van der Waals surface area contributed by atoms with Crippen molar-refractivity contribution >= 4 is 22.6 Å². The summed E-state index contributed by atoms with van der Waals surface area (Å²) >= 11 is 0. The molecule has 0 bridgehead atoms. The molecule has 0 saturated heterocycles. The molecule has 0 saturated carbocycles. The van der Waals surface area contributed by atoms with E-state index in [-0.39, 0.29) is 28.7 Å². The number of ether oxygens (including phenoxy) is 1. The van der Waals surface area contributed by atoms with E-state index in [1.165, 1.54) is 6.07 Å². The molecule has 1 N–H and O–H groups in total. The van der Waals surface area contributed by atoms with Crippen LogP contribution in [0.2, 0.25) is 0 Å². The standard InChI is InChI=1S/C22H20F3NO4/c1-21(2,3)15-6-4-5-7-17(15)26-19(27)12-29-13-8-9-14-16(22(23,24)25)11-20(28)30-18(14)10-13/h4-11H,12H2,1-3H3,(H,26,27). The number of halogens is 3. The molecule has 0 aliphatic carbocycles. The number of para-hydroxylation sites is 1. The molecule has 0 radical (unpaired) electrons. The van der Waals surface area contributed by atoms with E-state index in [0.717, 1.165) is 17.7 Å². The highest BCUT2D eigenvalue weighted by molar-refractivity contribution is 5.93. The van der Waals surface area contributed by atoms with E-state index in [4.69, 9.17) is 9.15 Å². The summed E-state index contributed by atoms with van der Waals surface area (Å²) in [6.07, 6.45) is -4.70. The van der Waals surface area contributed by atoms with Gasteiger partial charge in [0, 0.05) is 23.2 Å². The number of anilines is 1. The maximum Gasteiger partial charge on any atom is 0.417 e. The third-order valence-electron chi connectivity index (χ3n) is 4.40. The van der Waals surface area contributed by atoms with E-state index in [2.05, 4.69) is 5.32 Å². The van der Waals surface area contributed by atoms with Gasteiger partial charge >= 0.3 is 11.8 Å². The Hall–Kier alpha value is -3.29. The number of carbonyl (C=O) groups excluding carboxylic acids is 1. The highest BCUT2D eigenvalue weighted by Crippen LogP contribution is 2.35. The molecule has 0 aliphatic heterocycles. The molecule has 2 aromatic carbocycles. The largest absolute Gasteiger partial charge is 0.484 e. The Morgan fingerprint density at radius 1 is 1.03 bits per heavy atom. The number of nitrogens with one attached hydrogen (secondary N) is 1. The molecule has 1 aromatic heterocycles. The van der Waals surface area contributed by atoms with E-state index in [1.54, 1.807) is 12.1 Å². The first kappa shape index (κ1) is 21.4. The zero-order valence-corrected chi connectivity index (χ0v) is 16.6. The predicted octanol–water partition coefficient (Wildman–Crippen LogP) is 5.13. The number of alkyl halides is 3. The van der Waals surface area contributed by atoms with E-state index < -0.39 is 23.3 Å². The Labute approximate surface area is 170 Å². The first-order valence-corrected chi connectivity index (χ1v) is 9.12. The smallest absolute Gasteiger partial charge is 0.417 e. The number of amides is 1. The highest BCUT2D eigenvalue weighted by Gasteiger charge is 2.33. The van der Waals surface area contributed by atoms with Gasteiger partial charge in [-0.05, 0) is 29.2 Å². The Kier molecular flexibility index (Phi) is 5.61. The number of hydrogen-bond acceptors (Lipinski definition) is 4. The van der Waals surface area contributed by atoms with Crippen molar-refractivity contribution in [2.75, 3.05) is 11.9 Å².